The van der Waals surface area contributed by atoms with Crippen LogP contribution in [0.1, 0.15) is 68.9 Å². The predicted octanol–water partition coefficient (Wildman–Crippen LogP) is 4.23. The summed E-state index contributed by atoms with van der Waals surface area (Å²) in [5.41, 5.74) is 8.23. The first-order valence-corrected chi connectivity index (χ1v) is 7.69. The fourth-order valence-electron chi connectivity index (χ4n) is 2.44. The summed E-state index contributed by atoms with van der Waals surface area (Å²) >= 11 is 0. The highest BCUT2D eigenvalue weighted by Crippen LogP contribution is 2.25. The highest BCUT2D eigenvalue weighted by molar-refractivity contribution is 5.80. The van der Waals surface area contributed by atoms with Gasteiger partial charge in [-0.25, -0.2) is 4.98 Å². The van der Waals surface area contributed by atoms with Crippen molar-refractivity contribution in [2.24, 2.45) is 5.73 Å². The second-order valence-electron chi connectivity index (χ2n) is 5.78. The molecular formula is C17H23N3O. The number of hydrogen-bond donors (Lipinski definition) is 1. The predicted molar refractivity (Wildman–Crippen MR) is 83.8 cm³/mol. The van der Waals surface area contributed by atoms with Gasteiger partial charge >= 0.3 is 0 Å². The highest BCUT2D eigenvalue weighted by Gasteiger charge is 2.13. The van der Waals surface area contributed by atoms with Gasteiger partial charge in [0.05, 0.1) is 5.56 Å². The Morgan fingerprint density at radius 2 is 1.86 bits per heavy atom. The van der Waals surface area contributed by atoms with Crippen molar-refractivity contribution in [3.05, 3.63) is 29.2 Å². The zero-order chi connectivity index (χ0) is 15.2. The van der Waals surface area contributed by atoms with Gasteiger partial charge in [0, 0.05) is 12.5 Å². The Labute approximate surface area is 126 Å². The number of benzene rings is 1. The van der Waals surface area contributed by atoms with Crippen LogP contribution in [0.25, 0.3) is 11.1 Å². The van der Waals surface area contributed by atoms with Crippen LogP contribution < -0.4 is 5.73 Å². The molecule has 1 heterocycles. The molecule has 2 aromatic rings. The molecule has 1 fully saturated rings. The number of nitriles is 1. The van der Waals surface area contributed by atoms with Gasteiger partial charge in [-0.1, -0.05) is 46.0 Å². The van der Waals surface area contributed by atoms with E-state index in [2.05, 4.69) is 11.1 Å². The second-order valence-corrected chi connectivity index (χ2v) is 5.78. The largest absolute Gasteiger partial charge is 0.439 e. The molecule has 0 radical (unpaired) electrons. The lowest BCUT2D eigenvalue weighted by Gasteiger charge is -1.96. The maximum absolute atomic E-state index is 9.02. The van der Waals surface area contributed by atoms with Crippen LogP contribution in [0.5, 0.6) is 0 Å². The number of rotatable bonds is 2. The van der Waals surface area contributed by atoms with Gasteiger partial charge in [0.2, 0.25) is 0 Å². The summed E-state index contributed by atoms with van der Waals surface area (Å²) in [5.74, 6) is 0.862. The standard InChI is InChI=1S/C12H13N3O.C5H10/c1-7(2)12-15-10-4-8(5-13)3-9(6-14)11(10)16-12;1-2-4-5-3-1/h3-4,7H,5,13H2,1-2H3;1-5H2. The van der Waals surface area contributed by atoms with Gasteiger partial charge in [-0.3, -0.25) is 0 Å². The molecule has 2 N–H and O–H groups in total. The van der Waals surface area contributed by atoms with Gasteiger partial charge in [-0.2, -0.15) is 5.26 Å². The fourth-order valence-corrected chi connectivity index (χ4v) is 2.44. The quantitative estimate of drug-likeness (QED) is 0.895. The van der Waals surface area contributed by atoms with Gasteiger partial charge in [0.25, 0.3) is 0 Å². The first-order valence-electron chi connectivity index (χ1n) is 7.69. The van der Waals surface area contributed by atoms with Crippen LogP contribution >= 0.6 is 0 Å². The summed E-state index contributed by atoms with van der Waals surface area (Å²) in [6, 6.07) is 5.72. The third-order valence-corrected chi connectivity index (χ3v) is 3.67. The zero-order valence-electron chi connectivity index (χ0n) is 12.9. The fraction of sp³-hybridized carbons (Fsp3) is 0.529. The first-order chi connectivity index (χ1) is 10.2. The molecule has 4 nitrogen and oxygen atoms in total. The number of hydrogen-bond acceptors (Lipinski definition) is 4. The van der Waals surface area contributed by atoms with Crippen LogP contribution in [0.2, 0.25) is 0 Å². The van der Waals surface area contributed by atoms with Crippen molar-refractivity contribution in [3.8, 4) is 6.07 Å². The molecule has 1 aromatic carbocycles. The monoisotopic (exact) mass is 285 g/mol. The molecule has 1 aliphatic carbocycles. The Kier molecular flexibility index (Phi) is 5.35. The maximum Gasteiger partial charge on any atom is 0.198 e. The molecule has 0 unspecified atom stereocenters. The average Bonchev–Trinajstić information content (AvgIpc) is 3.17. The summed E-state index contributed by atoms with van der Waals surface area (Å²) in [6.07, 6.45) is 7.50. The minimum absolute atomic E-state index is 0.209. The van der Waals surface area contributed by atoms with Gasteiger partial charge in [0.15, 0.2) is 11.5 Å². The van der Waals surface area contributed by atoms with E-state index in [1.807, 2.05) is 19.9 Å². The first kappa shape index (κ1) is 15.5. The van der Waals surface area contributed by atoms with Gasteiger partial charge in [0.1, 0.15) is 11.6 Å². The molecule has 3 rings (SSSR count). The van der Waals surface area contributed by atoms with Crippen molar-refractivity contribution in [1.29, 1.82) is 5.26 Å². The van der Waals surface area contributed by atoms with E-state index in [4.69, 9.17) is 15.4 Å². The molecule has 0 bridgehead atoms. The smallest absolute Gasteiger partial charge is 0.198 e. The van der Waals surface area contributed by atoms with E-state index >= 15 is 0 Å². The van der Waals surface area contributed by atoms with Crippen molar-refractivity contribution in [2.45, 2.75) is 58.4 Å². The van der Waals surface area contributed by atoms with Crippen molar-refractivity contribution in [2.75, 3.05) is 0 Å². The van der Waals surface area contributed by atoms with Crippen LogP contribution in [-0.4, -0.2) is 4.98 Å². The summed E-state index contributed by atoms with van der Waals surface area (Å²) in [5, 5.41) is 9.02. The van der Waals surface area contributed by atoms with E-state index in [1.54, 1.807) is 6.07 Å². The summed E-state index contributed by atoms with van der Waals surface area (Å²) in [7, 11) is 0. The van der Waals surface area contributed by atoms with E-state index in [9.17, 15) is 0 Å². The number of nitrogens with two attached hydrogens (primary N) is 1. The Morgan fingerprint density at radius 1 is 1.24 bits per heavy atom. The number of fused-ring (bicyclic) bond motifs is 1. The molecule has 0 spiro atoms. The lowest BCUT2D eigenvalue weighted by atomic mass is 10.1. The Bertz CT molecular complexity index is 626. The van der Waals surface area contributed by atoms with E-state index in [1.165, 1.54) is 32.1 Å². The third-order valence-electron chi connectivity index (χ3n) is 3.67. The normalized spacial score (nSPS) is 14.0. The lowest BCUT2D eigenvalue weighted by Crippen LogP contribution is -1.96. The number of aromatic nitrogens is 1. The molecular weight excluding hydrogens is 262 g/mol. The van der Waals surface area contributed by atoms with Gasteiger partial charge in [-0.15, -0.1) is 0 Å². The molecule has 1 aromatic heterocycles. The minimum Gasteiger partial charge on any atom is -0.439 e. The Hall–Kier alpha value is -1.86. The molecule has 0 atom stereocenters. The Balaban J connectivity index is 0.000000272. The molecule has 4 heteroatoms. The van der Waals surface area contributed by atoms with Crippen LogP contribution in [-0.2, 0) is 6.54 Å². The van der Waals surface area contributed by atoms with Crippen molar-refractivity contribution in [1.82, 2.24) is 4.98 Å². The minimum atomic E-state index is 0.209. The zero-order valence-corrected chi connectivity index (χ0v) is 12.9. The lowest BCUT2D eigenvalue weighted by molar-refractivity contribution is 0.501. The Morgan fingerprint density at radius 3 is 2.33 bits per heavy atom. The van der Waals surface area contributed by atoms with E-state index in [0.717, 1.165) is 5.56 Å². The van der Waals surface area contributed by atoms with E-state index < -0.39 is 0 Å². The summed E-state index contributed by atoms with van der Waals surface area (Å²) in [6.45, 7) is 4.40. The van der Waals surface area contributed by atoms with Crippen molar-refractivity contribution < 1.29 is 4.42 Å². The van der Waals surface area contributed by atoms with Gasteiger partial charge in [-0.05, 0) is 17.7 Å². The number of oxazole rings is 1. The SMILES string of the molecule is C1CCCC1.CC(C)c1nc2cc(CN)cc(C#N)c2o1. The van der Waals surface area contributed by atoms with Crippen LogP contribution in [0.3, 0.4) is 0 Å². The molecule has 1 saturated carbocycles. The molecule has 1 aliphatic rings. The van der Waals surface area contributed by atoms with Crippen LogP contribution in [0, 0.1) is 11.3 Å². The van der Waals surface area contributed by atoms with Crippen molar-refractivity contribution in [3.63, 3.8) is 0 Å². The second kappa shape index (κ2) is 7.24. The van der Waals surface area contributed by atoms with Crippen LogP contribution in [0.4, 0.5) is 0 Å². The average molecular weight is 285 g/mol. The van der Waals surface area contributed by atoms with E-state index in [0.29, 0.717) is 29.1 Å². The summed E-state index contributed by atoms with van der Waals surface area (Å²) in [4.78, 5) is 4.36. The van der Waals surface area contributed by atoms with Gasteiger partial charge < -0.3 is 10.2 Å². The maximum atomic E-state index is 9.02. The topological polar surface area (TPSA) is 75.8 Å². The van der Waals surface area contributed by atoms with E-state index in [-0.39, 0.29) is 5.92 Å². The highest BCUT2D eigenvalue weighted by atomic mass is 16.3. The molecule has 0 aliphatic heterocycles. The third kappa shape index (κ3) is 3.83. The van der Waals surface area contributed by atoms with Crippen molar-refractivity contribution >= 4 is 11.1 Å². The molecule has 112 valence electrons. The molecule has 0 amide bonds. The molecule has 0 saturated heterocycles. The summed E-state index contributed by atoms with van der Waals surface area (Å²) < 4.78 is 5.58. The number of nitrogens with zero attached hydrogens (tertiary/aromatic N) is 2. The van der Waals surface area contributed by atoms with Crippen LogP contribution in [0.15, 0.2) is 16.5 Å². The molecule has 21 heavy (non-hydrogen) atoms.